The van der Waals surface area contributed by atoms with Crippen LogP contribution in [-0.2, 0) is 19.6 Å². The second kappa shape index (κ2) is 9.36. The van der Waals surface area contributed by atoms with E-state index in [0.29, 0.717) is 11.5 Å². The van der Waals surface area contributed by atoms with Gasteiger partial charge in [0.15, 0.2) is 0 Å². The minimum Gasteiger partial charge on any atom is -0.478 e. The lowest BCUT2D eigenvalue weighted by Crippen LogP contribution is -2.37. The van der Waals surface area contributed by atoms with Crippen molar-refractivity contribution in [3.05, 3.63) is 59.3 Å². The van der Waals surface area contributed by atoms with Crippen LogP contribution in [0.5, 0.6) is 0 Å². The minimum absolute atomic E-state index is 0.0996. The SMILES string of the molecule is CCC(C)(C)NCc1cn2c3c(cccc13)-c1c(C3CCCCC3)c3ccc(C(=O)O)cc3n1CCC2. The van der Waals surface area contributed by atoms with E-state index in [9.17, 15) is 9.90 Å². The van der Waals surface area contributed by atoms with Crippen molar-refractivity contribution in [1.29, 1.82) is 0 Å². The number of rotatable bonds is 6. The average molecular weight is 498 g/mol. The fraction of sp³-hybridized carbons (Fsp3) is 0.469. The summed E-state index contributed by atoms with van der Waals surface area (Å²) in [6, 6.07) is 12.6. The number of hydrogen-bond donors (Lipinski definition) is 2. The Labute approximate surface area is 219 Å². The van der Waals surface area contributed by atoms with Gasteiger partial charge in [0.2, 0.25) is 0 Å². The normalized spacial score (nSPS) is 16.6. The Morgan fingerprint density at radius 2 is 1.86 bits per heavy atom. The largest absolute Gasteiger partial charge is 0.478 e. The number of carboxylic acid groups (broad SMARTS) is 1. The second-order valence-corrected chi connectivity index (χ2v) is 11.8. The Morgan fingerprint density at radius 1 is 1.05 bits per heavy atom. The van der Waals surface area contributed by atoms with Crippen molar-refractivity contribution in [3.8, 4) is 11.3 Å². The number of nitrogens with zero attached hydrogens (tertiary/aromatic N) is 2. The number of aryl methyl sites for hydroxylation is 2. The lowest BCUT2D eigenvalue weighted by Gasteiger charge is -2.25. The Hall–Kier alpha value is -3.05. The van der Waals surface area contributed by atoms with Gasteiger partial charge in [-0.05, 0) is 68.7 Å². The molecule has 37 heavy (non-hydrogen) atoms. The summed E-state index contributed by atoms with van der Waals surface area (Å²) < 4.78 is 4.93. The predicted octanol–water partition coefficient (Wildman–Crippen LogP) is 7.69. The van der Waals surface area contributed by atoms with Crippen LogP contribution < -0.4 is 5.32 Å². The molecule has 0 atom stereocenters. The van der Waals surface area contributed by atoms with Gasteiger partial charge in [-0.3, -0.25) is 0 Å². The molecule has 5 heteroatoms. The molecule has 1 aliphatic heterocycles. The summed E-state index contributed by atoms with van der Waals surface area (Å²) in [5.41, 5.74) is 8.30. The number of fused-ring (bicyclic) bond motifs is 4. The standard InChI is InChI=1S/C32H39N3O2/c1-4-32(2,3)33-19-23-20-34-16-9-17-35-27-18-22(31(36)37)14-15-25(27)28(21-10-6-5-7-11-21)30(35)26-13-8-12-24(23)29(26)34/h8,12-15,18,20-21,33H,4-7,9-11,16-17,19H2,1-3H3,(H,36,37). The number of hydrogen-bond acceptors (Lipinski definition) is 2. The molecule has 1 aliphatic carbocycles. The minimum atomic E-state index is -0.856. The van der Waals surface area contributed by atoms with Crippen molar-refractivity contribution >= 4 is 27.8 Å². The smallest absolute Gasteiger partial charge is 0.335 e. The number of aromatic carboxylic acids is 1. The first-order valence-electron chi connectivity index (χ1n) is 14.1. The number of para-hydroxylation sites is 1. The Kier molecular flexibility index (Phi) is 6.15. The van der Waals surface area contributed by atoms with Crippen LogP contribution in [0.2, 0.25) is 0 Å². The molecule has 2 N–H and O–H groups in total. The Morgan fingerprint density at radius 3 is 2.62 bits per heavy atom. The first-order valence-corrected chi connectivity index (χ1v) is 14.1. The molecule has 2 aromatic carbocycles. The lowest BCUT2D eigenvalue weighted by atomic mass is 9.81. The second-order valence-electron chi connectivity index (χ2n) is 11.8. The van der Waals surface area contributed by atoms with Crippen LogP contribution in [0.4, 0.5) is 0 Å². The summed E-state index contributed by atoms with van der Waals surface area (Å²) in [6.07, 6.45) is 10.8. The Balaban J connectivity index is 1.60. The first-order chi connectivity index (χ1) is 17.9. The molecule has 0 saturated heterocycles. The summed E-state index contributed by atoms with van der Waals surface area (Å²) in [5.74, 6) is -0.335. The zero-order valence-corrected chi connectivity index (χ0v) is 22.4. The van der Waals surface area contributed by atoms with Crippen LogP contribution >= 0.6 is 0 Å². The summed E-state index contributed by atoms with van der Waals surface area (Å²) in [5, 5.41) is 16.1. The van der Waals surface area contributed by atoms with Crippen LogP contribution in [0.25, 0.3) is 33.1 Å². The van der Waals surface area contributed by atoms with Crippen LogP contribution in [-0.4, -0.2) is 25.7 Å². The van der Waals surface area contributed by atoms with E-state index >= 15 is 0 Å². The van der Waals surface area contributed by atoms with Crippen LogP contribution in [0.15, 0.2) is 42.6 Å². The van der Waals surface area contributed by atoms with Gasteiger partial charge in [0.1, 0.15) is 0 Å². The van der Waals surface area contributed by atoms with Crippen LogP contribution in [0.1, 0.15) is 93.1 Å². The molecule has 0 bridgehead atoms. The van der Waals surface area contributed by atoms with Crippen molar-refractivity contribution in [2.75, 3.05) is 0 Å². The molecule has 0 spiro atoms. The van der Waals surface area contributed by atoms with Crippen molar-refractivity contribution < 1.29 is 9.90 Å². The molecule has 5 nitrogen and oxygen atoms in total. The fourth-order valence-corrected chi connectivity index (χ4v) is 6.64. The van der Waals surface area contributed by atoms with Gasteiger partial charge >= 0.3 is 5.97 Å². The number of carboxylic acids is 1. The molecule has 6 rings (SSSR count). The van der Waals surface area contributed by atoms with Crippen molar-refractivity contribution in [2.24, 2.45) is 0 Å². The highest BCUT2D eigenvalue weighted by Gasteiger charge is 2.29. The van der Waals surface area contributed by atoms with E-state index in [4.69, 9.17) is 0 Å². The van der Waals surface area contributed by atoms with Crippen LogP contribution in [0, 0.1) is 0 Å². The molecule has 4 aromatic rings. The number of benzene rings is 2. The third kappa shape index (κ3) is 4.17. The third-order valence-corrected chi connectivity index (χ3v) is 9.02. The first kappa shape index (κ1) is 24.3. The summed E-state index contributed by atoms with van der Waals surface area (Å²) in [4.78, 5) is 11.9. The highest BCUT2D eigenvalue weighted by atomic mass is 16.4. The quantitative estimate of drug-likeness (QED) is 0.287. The molecule has 2 aliphatic rings. The Bertz CT molecular complexity index is 1480. The lowest BCUT2D eigenvalue weighted by molar-refractivity contribution is 0.0697. The van der Waals surface area contributed by atoms with Gasteiger partial charge in [0, 0.05) is 53.2 Å². The average Bonchev–Trinajstić information content (AvgIpc) is 3.42. The van der Waals surface area contributed by atoms with E-state index in [-0.39, 0.29) is 5.54 Å². The van der Waals surface area contributed by atoms with E-state index in [1.807, 2.05) is 6.07 Å². The van der Waals surface area contributed by atoms with Gasteiger partial charge in [-0.15, -0.1) is 0 Å². The number of carbonyl (C=O) groups is 1. The van der Waals surface area contributed by atoms with Crippen LogP contribution in [0.3, 0.4) is 0 Å². The number of aromatic nitrogens is 2. The van der Waals surface area contributed by atoms with Crippen molar-refractivity contribution in [3.63, 3.8) is 0 Å². The maximum atomic E-state index is 11.9. The predicted molar refractivity (Wildman–Crippen MR) is 151 cm³/mol. The maximum absolute atomic E-state index is 11.9. The van der Waals surface area contributed by atoms with Gasteiger partial charge in [0.25, 0.3) is 0 Å². The zero-order valence-electron chi connectivity index (χ0n) is 22.4. The summed E-state index contributed by atoms with van der Waals surface area (Å²) in [7, 11) is 0. The molecule has 3 heterocycles. The van der Waals surface area contributed by atoms with Gasteiger partial charge in [-0.1, -0.05) is 50.5 Å². The molecule has 1 saturated carbocycles. The maximum Gasteiger partial charge on any atom is 0.335 e. The van der Waals surface area contributed by atoms with Crippen molar-refractivity contribution in [1.82, 2.24) is 14.5 Å². The number of nitrogens with one attached hydrogen (secondary N) is 1. The zero-order chi connectivity index (χ0) is 25.7. The molecular formula is C32H39N3O2. The molecule has 0 amide bonds. The van der Waals surface area contributed by atoms with E-state index < -0.39 is 5.97 Å². The molecule has 194 valence electrons. The van der Waals surface area contributed by atoms with Crippen molar-refractivity contribution in [2.45, 2.75) is 96.8 Å². The summed E-state index contributed by atoms with van der Waals surface area (Å²) in [6.45, 7) is 9.48. The van der Waals surface area contributed by atoms with Gasteiger partial charge < -0.3 is 19.6 Å². The van der Waals surface area contributed by atoms with E-state index in [1.54, 1.807) is 6.07 Å². The van der Waals surface area contributed by atoms with Gasteiger partial charge in [0.05, 0.1) is 16.8 Å². The highest BCUT2D eigenvalue weighted by Crippen LogP contribution is 2.47. The molecule has 2 aromatic heterocycles. The molecule has 0 unspecified atom stereocenters. The van der Waals surface area contributed by atoms with E-state index in [2.05, 4.69) is 65.7 Å². The summed E-state index contributed by atoms with van der Waals surface area (Å²) >= 11 is 0. The van der Waals surface area contributed by atoms with Gasteiger partial charge in [-0.25, -0.2) is 4.79 Å². The molecular weight excluding hydrogens is 458 g/mol. The van der Waals surface area contributed by atoms with E-state index in [1.165, 1.54) is 70.8 Å². The molecule has 1 fully saturated rings. The molecule has 0 radical (unpaired) electrons. The van der Waals surface area contributed by atoms with Gasteiger partial charge in [-0.2, -0.15) is 0 Å². The third-order valence-electron chi connectivity index (χ3n) is 9.02. The fourth-order valence-electron chi connectivity index (χ4n) is 6.64. The highest BCUT2D eigenvalue weighted by molar-refractivity contribution is 6.03. The van der Waals surface area contributed by atoms with E-state index in [0.717, 1.165) is 38.0 Å². The monoisotopic (exact) mass is 497 g/mol. The topological polar surface area (TPSA) is 59.2 Å².